The Labute approximate surface area is 231 Å². The second-order valence-electron chi connectivity index (χ2n) is 8.82. The summed E-state index contributed by atoms with van der Waals surface area (Å²) in [6.45, 7) is 4.36. The van der Waals surface area contributed by atoms with Gasteiger partial charge in [-0.3, -0.25) is 24.5 Å². The molecule has 5 rings (SSSR count). The van der Waals surface area contributed by atoms with Crippen molar-refractivity contribution in [3.63, 3.8) is 0 Å². The molecule has 2 heterocycles. The number of rotatable bonds is 8. The van der Waals surface area contributed by atoms with Crippen LogP contribution in [-0.2, 0) is 14.4 Å². The first-order chi connectivity index (χ1) is 18.7. The van der Waals surface area contributed by atoms with Gasteiger partial charge in [0.15, 0.2) is 17.6 Å². The van der Waals surface area contributed by atoms with E-state index in [-0.39, 0.29) is 23.8 Å². The van der Waals surface area contributed by atoms with E-state index in [9.17, 15) is 24.8 Å². The van der Waals surface area contributed by atoms with Crippen molar-refractivity contribution in [1.29, 1.82) is 0 Å². The molecule has 0 aromatic heterocycles. The average molecular weight is 598 g/mol. The third-order valence-electron chi connectivity index (χ3n) is 6.51. The van der Waals surface area contributed by atoms with E-state index in [1.807, 2.05) is 6.92 Å². The number of anilines is 2. The van der Waals surface area contributed by atoms with Gasteiger partial charge < -0.3 is 14.6 Å². The Morgan fingerprint density at radius 2 is 1.72 bits per heavy atom. The Morgan fingerprint density at radius 3 is 2.38 bits per heavy atom. The van der Waals surface area contributed by atoms with E-state index in [1.54, 1.807) is 49.4 Å². The maximum atomic E-state index is 13.9. The number of ether oxygens (including phenoxy) is 2. The fraction of sp³-hybridized carbons (Fsp3) is 0.259. The van der Waals surface area contributed by atoms with E-state index in [4.69, 9.17) is 14.3 Å². The fourth-order valence-corrected chi connectivity index (χ4v) is 5.32. The summed E-state index contributed by atoms with van der Waals surface area (Å²) >= 11 is 3.34. The summed E-state index contributed by atoms with van der Waals surface area (Å²) in [4.78, 5) is 45.5. The Hall–Kier alpha value is -4.16. The minimum absolute atomic E-state index is 0.122. The van der Waals surface area contributed by atoms with Crippen LogP contribution >= 0.6 is 15.9 Å². The van der Waals surface area contributed by atoms with Crippen LogP contribution in [0.5, 0.6) is 17.2 Å². The van der Waals surface area contributed by atoms with Gasteiger partial charge >= 0.3 is 0 Å². The highest BCUT2D eigenvalue weighted by Crippen LogP contribution is 2.50. The molecule has 2 saturated heterocycles. The summed E-state index contributed by atoms with van der Waals surface area (Å²) in [7, 11) is 0. The molecule has 0 bridgehead atoms. The average Bonchev–Trinajstić information content (AvgIpc) is 3.43. The molecule has 11 nitrogen and oxygen atoms in total. The number of nitrogens with zero attached hydrogens (tertiary/aromatic N) is 3. The highest BCUT2D eigenvalue weighted by atomic mass is 79.9. The quantitative estimate of drug-likeness (QED) is 0.218. The zero-order valence-corrected chi connectivity index (χ0v) is 22.5. The van der Waals surface area contributed by atoms with E-state index >= 15 is 0 Å². The monoisotopic (exact) mass is 597 g/mol. The number of benzene rings is 3. The lowest BCUT2D eigenvalue weighted by Gasteiger charge is -2.29. The Bertz CT molecular complexity index is 1450. The molecule has 2 aliphatic heterocycles. The number of aromatic hydroxyl groups is 1. The van der Waals surface area contributed by atoms with Crippen molar-refractivity contribution in [2.75, 3.05) is 23.2 Å². The summed E-state index contributed by atoms with van der Waals surface area (Å²) < 4.78 is 11.4. The lowest BCUT2D eigenvalue weighted by molar-refractivity contribution is -0.384. The van der Waals surface area contributed by atoms with E-state index < -0.39 is 34.8 Å². The van der Waals surface area contributed by atoms with Crippen molar-refractivity contribution in [3.8, 4) is 17.2 Å². The van der Waals surface area contributed by atoms with Crippen LogP contribution in [0.2, 0.25) is 0 Å². The lowest BCUT2D eigenvalue weighted by atomic mass is 9.90. The van der Waals surface area contributed by atoms with Gasteiger partial charge in [0, 0.05) is 12.1 Å². The maximum absolute atomic E-state index is 13.9. The normalized spacial score (nSPS) is 20.3. The number of phenols is 1. The number of phenolic OH excluding ortho intramolecular Hbond substituents is 1. The van der Waals surface area contributed by atoms with Gasteiger partial charge in [-0.25, -0.2) is 9.96 Å². The van der Waals surface area contributed by atoms with Crippen LogP contribution < -0.4 is 19.4 Å². The largest absolute Gasteiger partial charge is 0.503 e. The summed E-state index contributed by atoms with van der Waals surface area (Å²) in [6, 6.07) is 14.6. The number of imide groups is 1. The number of non-ortho nitro benzene ring substituents is 1. The number of carbonyl (C=O) groups is 2. The predicted octanol–water partition coefficient (Wildman–Crippen LogP) is 4.91. The van der Waals surface area contributed by atoms with Gasteiger partial charge in [-0.15, -0.1) is 0 Å². The van der Waals surface area contributed by atoms with E-state index in [0.717, 1.165) is 4.90 Å². The SMILES string of the molecule is CCOc1ccc(N2C(=O)[C@H]3[C@H](ON(c4cccc([N+](=O)[O-])c4)[C@@H]3c3cc(Br)c(O)c(OCC)c3)C2=O)cc1. The van der Waals surface area contributed by atoms with Gasteiger partial charge in [-0.05, 0) is 77.8 Å². The van der Waals surface area contributed by atoms with Crippen LogP contribution in [0.4, 0.5) is 17.1 Å². The third kappa shape index (κ3) is 4.66. The lowest BCUT2D eigenvalue weighted by Crippen LogP contribution is -2.37. The van der Waals surface area contributed by atoms with Crippen LogP contribution in [0.1, 0.15) is 25.5 Å². The molecular formula is C27H24BrN3O8. The Kier molecular flexibility index (Phi) is 7.15. The molecule has 2 aliphatic rings. The van der Waals surface area contributed by atoms with Crippen molar-refractivity contribution in [2.24, 2.45) is 5.92 Å². The highest BCUT2D eigenvalue weighted by molar-refractivity contribution is 9.10. The fourth-order valence-electron chi connectivity index (χ4n) is 4.86. The Morgan fingerprint density at radius 1 is 1.00 bits per heavy atom. The van der Waals surface area contributed by atoms with Crippen LogP contribution in [0.3, 0.4) is 0 Å². The van der Waals surface area contributed by atoms with Crippen molar-refractivity contribution in [1.82, 2.24) is 0 Å². The second kappa shape index (κ2) is 10.5. The van der Waals surface area contributed by atoms with Gasteiger partial charge in [0.25, 0.3) is 11.6 Å². The number of nitro benzene ring substituents is 1. The molecule has 1 N–H and O–H groups in total. The maximum Gasteiger partial charge on any atom is 0.271 e. The zero-order valence-electron chi connectivity index (χ0n) is 20.9. The third-order valence-corrected chi connectivity index (χ3v) is 7.11. The van der Waals surface area contributed by atoms with Crippen LogP contribution in [0.15, 0.2) is 65.1 Å². The van der Waals surface area contributed by atoms with Crippen LogP contribution in [0, 0.1) is 16.0 Å². The number of amides is 2. The molecule has 3 aromatic carbocycles. The number of hydroxylamine groups is 1. The molecule has 2 fully saturated rings. The number of hydrogen-bond acceptors (Lipinski definition) is 9. The molecule has 0 radical (unpaired) electrons. The first kappa shape index (κ1) is 26.4. The molecule has 3 aromatic rings. The molecular weight excluding hydrogens is 574 g/mol. The standard InChI is InChI=1S/C27H24BrN3O8/c1-3-37-19-10-8-16(9-11-19)29-26(33)22-23(15-12-20(28)24(32)21(13-15)38-4-2)30(39-25(22)27(29)34)17-6-5-7-18(14-17)31(35)36/h5-14,22-23,25,32H,3-4H2,1-2H3/t22-,23-,25+/m1/s1. The molecule has 12 heteroatoms. The van der Waals surface area contributed by atoms with Crippen molar-refractivity contribution in [2.45, 2.75) is 26.0 Å². The summed E-state index contributed by atoms with van der Waals surface area (Å²) in [5.41, 5.74) is 0.979. The summed E-state index contributed by atoms with van der Waals surface area (Å²) in [6.07, 6.45) is -1.18. The molecule has 202 valence electrons. The van der Waals surface area contributed by atoms with Crippen LogP contribution in [-0.4, -0.2) is 41.2 Å². The van der Waals surface area contributed by atoms with Gasteiger partial charge in [0.1, 0.15) is 11.7 Å². The summed E-state index contributed by atoms with van der Waals surface area (Å²) in [5, 5.41) is 23.3. The van der Waals surface area contributed by atoms with Crippen molar-refractivity contribution < 1.29 is 33.9 Å². The molecule has 39 heavy (non-hydrogen) atoms. The molecule has 0 saturated carbocycles. The van der Waals surface area contributed by atoms with Gasteiger partial charge in [0.05, 0.1) is 40.0 Å². The first-order valence-corrected chi connectivity index (χ1v) is 13.0. The highest BCUT2D eigenvalue weighted by Gasteiger charge is 2.60. The van der Waals surface area contributed by atoms with E-state index in [0.29, 0.717) is 33.8 Å². The Balaban J connectivity index is 1.60. The smallest absolute Gasteiger partial charge is 0.271 e. The second-order valence-corrected chi connectivity index (χ2v) is 9.68. The van der Waals surface area contributed by atoms with Crippen LogP contribution in [0.25, 0.3) is 0 Å². The number of halogens is 1. The summed E-state index contributed by atoms with van der Waals surface area (Å²) in [5.74, 6) is -1.39. The predicted molar refractivity (Wildman–Crippen MR) is 144 cm³/mol. The van der Waals surface area contributed by atoms with Gasteiger partial charge in [-0.2, -0.15) is 0 Å². The molecule has 3 atom stereocenters. The number of carbonyl (C=O) groups excluding carboxylic acids is 2. The van der Waals surface area contributed by atoms with E-state index in [1.165, 1.54) is 23.3 Å². The van der Waals surface area contributed by atoms with Gasteiger partial charge in [0.2, 0.25) is 5.91 Å². The minimum atomic E-state index is -1.18. The van der Waals surface area contributed by atoms with E-state index in [2.05, 4.69) is 15.9 Å². The molecule has 0 unspecified atom stereocenters. The first-order valence-electron chi connectivity index (χ1n) is 12.2. The van der Waals surface area contributed by atoms with Gasteiger partial charge in [-0.1, -0.05) is 6.07 Å². The number of nitro groups is 1. The molecule has 0 aliphatic carbocycles. The van der Waals surface area contributed by atoms with Crippen molar-refractivity contribution in [3.05, 3.63) is 80.8 Å². The zero-order chi connectivity index (χ0) is 27.8. The minimum Gasteiger partial charge on any atom is -0.503 e. The topological polar surface area (TPSA) is 132 Å². The number of fused-ring (bicyclic) bond motifs is 1. The number of hydrogen-bond donors (Lipinski definition) is 1. The molecule has 2 amide bonds. The van der Waals surface area contributed by atoms with Crippen molar-refractivity contribution >= 4 is 44.8 Å². The molecule has 0 spiro atoms.